The molecule has 1 aliphatic heterocycles. The van der Waals surface area contributed by atoms with Crippen molar-refractivity contribution in [3.8, 4) is 6.07 Å². The lowest BCUT2D eigenvalue weighted by molar-refractivity contribution is -0.220. The molecule has 2 aromatic rings. The summed E-state index contributed by atoms with van der Waals surface area (Å²) in [7, 11) is 1.47. The van der Waals surface area contributed by atoms with Gasteiger partial charge in [-0.2, -0.15) is 23.5 Å². The number of hydrogen-bond acceptors (Lipinski definition) is 3. The summed E-state index contributed by atoms with van der Waals surface area (Å²) in [5.74, 6) is -0.830. The van der Waals surface area contributed by atoms with Crippen molar-refractivity contribution >= 4 is 5.91 Å². The molecule has 25 heavy (non-hydrogen) atoms. The topological polar surface area (TPSA) is 61.9 Å². The molecule has 0 saturated carbocycles. The van der Waals surface area contributed by atoms with Crippen molar-refractivity contribution in [1.82, 2.24) is 14.7 Å². The molecular weight excluding hydrogens is 333 g/mol. The quantitative estimate of drug-likeness (QED) is 0.838. The van der Waals surface area contributed by atoms with Gasteiger partial charge in [-0.15, -0.1) is 0 Å². The summed E-state index contributed by atoms with van der Waals surface area (Å²) in [6.45, 7) is -0.0347. The molecule has 1 atom stereocenters. The van der Waals surface area contributed by atoms with Gasteiger partial charge in [0.15, 0.2) is 11.2 Å². The monoisotopic (exact) mass is 348 g/mol. The average Bonchev–Trinajstić information content (AvgIpc) is 3.18. The largest absolute Gasteiger partial charge is 0.415 e. The van der Waals surface area contributed by atoms with E-state index in [4.69, 9.17) is 0 Å². The smallest absolute Gasteiger partial charge is 0.320 e. The lowest BCUT2D eigenvalue weighted by atomic mass is 9.86. The number of halogens is 3. The van der Waals surface area contributed by atoms with Gasteiger partial charge in [0.25, 0.3) is 5.91 Å². The molecule has 1 aromatic heterocycles. The van der Waals surface area contributed by atoms with Crippen LogP contribution in [0.1, 0.15) is 34.5 Å². The van der Waals surface area contributed by atoms with Gasteiger partial charge in [0, 0.05) is 13.6 Å². The Morgan fingerprint density at radius 2 is 2.00 bits per heavy atom. The van der Waals surface area contributed by atoms with E-state index < -0.39 is 17.6 Å². The SMILES string of the molecule is Cn1ncc(C(=O)N2CCCC2(c2ccccc2)C(F)(F)F)c1C#N. The number of aryl methyl sites for hydroxylation is 1. The van der Waals surface area contributed by atoms with Gasteiger partial charge in [-0.1, -0.05) is 30.3 Å². The minimum atomic E-state index is -4.64. The Hall–Kier alpha value is -2.82. The Morgan fingerprint density at radius 1 is 1.32 bits per heavy atom. The molecule has 1 fully saturated rings. The van der Waals surface area contributed by atoms with Crippen LogP contribution >= 0.6 is 0 Å². The number of aromatic nitrogens is 2. The van der Waals surface area contributed by atoms with Crippen LogP contribution in [0, 0.1) is 11.3 Å². The fourth-order valence-electron chi connectivity index (χ4n) is 3.44. The third kappa shape index (κ3) is 2.47. The molecule has 1 saturated heterocycles. The second kappa shape index (κ2) is 5.92. The standard InChI is InChI=1S/C17H15F3N4O/c1-23-14(10-21)13(11-22-23)15(25)24-9-5-8-16(24,17(18,19)20)12-6-3-2-4-7-12/h2-4,6-7,11H,5,8-9H2,1H3. The van der Waals surface area contributed by atoms with Gasteiger partial charge in [-0.05, 0) is 18.4 Å². The van der Waals surface area contributed by atoms with Crippen LogP contribution in [0.2, 0.25) is 0 Å². The highest BCUT2D eigenvalue weighted by Crippen LogP contribution is 2.51. The van der Waals surface area contributed by atoms with E-state index in [1.54, 1.807) is 6.07 Å². The highest BCUT2D eigenvalue weighted by Gasteiger charge is 2.63. The number of likely N-dealkylation sites (tertiary alicyclic amines) is 1. The van der Waals surface area contributed by atoms with E-state index in [0.717, 1.165) is 11.1 Å². The molecule has 2 heterocycles. The zero-order valence-corrected chi connectivity index (χ0v) is 13.4. The van der Waals surface area contributed by atoms with Crippen LogP contribution in [0.25, 0.3) is 0 Å². The fraction of sp³-hybridized carbons (Fsp3) is 0.353. The van der Waals surface area contributed by atoms with Gasteiger partial charge >= 0.3 is 6.18 Å². The van der Waals surface area contributed by atoms with Gasteiger partial charge in [-0.3, -0.25) is 9.48 Å². The van der Waals surface area contributed by atoms with E-state index in [0.29, 0.717) is 0 Å². The lowest BCUT2D eigenvalue weighted by Crippen LogP contribution is -2.54. The minimum Gasteiger partial charge on any atom is -0.320 e. The van der Waals surface area contributed by atoms with Crippen LogP contribution in [-0.4, -0.2) is 33.3 Å². The summed E-state index contributed by atoms with van der Waals surface area (Å²) >= 11 is 0. The van der Waals surface area contributed by atoms with Crippen molar-refractivity contribution in [3.05, 3.63) is 53.3 Å². The van der Waals surface area contributed by atoms with E-state index >= 15 is 0 Å². The molecule has 5 nitrogen and oxygen atoms in total. The summed E-state index contributed by atoms with van der Waals surface area (Å²) in [6, 6.07) is 9.26. The van der Waals surface area contributed by atoms with Gasteiger partial charge in [-0.25, -0.2) is 0 Å². The number of rotatable bonds is 2. The Balaban J connectivity index is 2.14. The van der Waals surface area contributed by atoms with E-state index in [1.165, 1.54) is 36.0 Å². The molecule has 1 aliphatic rings. The van der Waals surface area contributed by atoms with Crippen molar-refractivity contribution in [2.45, 2.75) is 24.6 Å². The second-order valence-corrected chi connectivity index (χ2v) is 5.93. The number of nitrogens with zero attached hydrogens (tertiary/aromatic N) is 4. The average molecular weight is 348 g/mol. The molecule has 0 bridgehead atoms. The van der Waals surface area contributed by atoms with Crippen molar-refractivity contribution in [1.29, 1.82) is 5.26 Å². The van der Waals surface area contributed by atoms with Crippen molar-refractivity contribution in [2.75, 3.05) is 6.54 Å². The number of nitriles is 1. The summed E-state index contributed by atoms with van der Waals surface area (Å²) in [6.07, 6.45) is -3.49. The molecule has 8 heteroatoms. The van der Waals surface area contributed by atoms with Gasteiger partial charge < -0.3 is 4.90 Å². The molecule has 1 amide bonds. The Labute approximate surface area is 142 Å². The van der Waals surface area contributed by atoms with Crippen LogP contribution in [0.4, 0.5) is 13.2 Å². The zero-order chi connectivity index (χ0) is 18.2. The summed E-state index contributed by atoms with van der Waals surface area (Å²) < 4.78 is 43.6. The maximum atomic E-state index is 14.1. The van der Waals surface area contributed by atoms with Crippen LogP contribution in [0.3, 0.4) is 0 Å². The Kier molecular flexibility index (Phi) is 4.03. The maximum Gasteiger partial charge on any atom is 0.415 e. The number of hydrogen-bond donors (Lipinski definition) is 0. The third-order valence-corrected chi connectivity index (χ3v) is 4.62. The first-order valence-electron chi connectivity index (χ1n) is 7.69. The predicted octanol–water partition coefficient (Wildman–Crippen LogP) is 2.99. The van der Waals surface area contributed by atoms with Crippen LogP contribution < -0.4 is 0 Å². The third-order valence-electron chi connectivity index (χ3n) is 4.62. The molecule has 0 aliphatic carbocycles. The molecule has 0 N–H and O–H groups in total. The van der Waals surface area contributed by atoms with Crippen molar-refractivity contribution < 1.29 is 18.0 Å². The summed E-state index contributed by atoms with van der Waals surface area (Å²) in [4.78, 5) is 13.7. The number of carbonyl (C=O) groups excluding carboxylic acids is 1. The van der Waals surface area contributed by atoms with Crippen LogP contribution in [0.15, 0.2) is 36.5 Å². The van der Waals surface area contributed by atoms with Crippen LogP contribution in [0.5, 0.6) is 0 Å². The first kappa shape index (κ1) is 17.0. The number of amides is 1. The normalized spacial score (nSPS) is 20.5. The van der Waals surface area contributed by atoms with Gasteiger partial charge in [0.1, 0.15) is 6.07 Å². The molecule has 3 rings (SSSR count). The molecule has 1 unspecified atom stereocenters. The van der Waals surface area contributed by atoms with E-state index in [-0.39, 0.29) is 36.2 Å². The fourth-order valence-corrected chi connectivity index (χ4v) is 3.44. The van der Waals surface area contributed by atoms with Crippen molar-refractivity contribution in [2.24, 2.45) is 7.05 Å². The van der Waals surface area contributed by atoms with Gasteiger partial charge in [0.05, 0.1) is 11.8 Å². The van der Waals surface area contributed by atoms with E-state index in [1.807, 2.05) is 6.07 Å². The molecule has 130 valence electrons. The minimum absolute atomic E-state index is 0.0238. The molecule has 0 radical (unpaired) electrons. The summed E-state index contributed by atoms with van der Waals surface area (Å²) in [5.41, 5.74) is -2.54. The molecule has 1 aromatic carbocycles. The Morgan fingerprint density at radius 3 is 2.60 bits per heavy atom. The maximum absolute atomic E-state index is 14.1. The van der Waals surface area contributed by atoms with E-state index in [9.17, 15) is 23.2 Å². The van der Waals surface area contributed by atoms with Crippen LogP contribution in [-0.2, 0) is 12.6 Å². The molecular formula is C17H15F3N4O. The summed E-state index contributed by atoms with van der Waals surface area (Å²) in [5, 5.41) is 13.0. The van der Waals surface area contributed by atoms with E-state index in [2.05, 4.69) is 5.10 Å². The first-order chi connectivity index (χ1) is 11.8. The highest BCUT2D eigenvalue weighted by molar-refractivity contribution is 5.96. The highest BCUT2D eigenvalue weighted by atomic mass is 19.4. The number of benzene rings is 1. The lowest BCUT2D eigenvalue weighted by Gasteiger charge is -2.40. The first-order valence-corrected chi connectivity index (χ1v) is 7.69. The molecule has 0 spiro atoms. The van der Waals surface area contributed by atoms with Crippen molar-refractivity contribution in [3.63, 3.8) is 0 Å². The predicted molar refractivity (Wildman–Crippen MR) is 82.4 cm³/mol. The van der Waals surface area contributed by atoms with Gasteiger partial charge in [0.2, 0.25) is 0 Å². The second-order valence-electron chi connectivity index (χ2n) is 5.93. The Bertz CT molecular complexity index is 838. The number of alkyl halides is 3. The number of carbonyl (C=O) groups is 1. The zero-order valence-electron chi connectivity index (χ0n) is 13.4.